The first-order valence-electron chi connectivity index (χ1n) is 10.2. The molecule has 0 radical (unpaired) electrons. The van der Waals surface area contributed by atoms with Crippen molar-refractivity contribution in [3.8, 4) is 5.75 Å². The average Bonchev–Trinajstić information content (AvgIpc) is 2.87. The van der Waals surface area contributed by atoms with E-state index in [1.54, 1.807) is 42.5 Å². The molecule has 1 amide bonds. The Kier molecular flexibility index (Phi) is 3.67. The Morgan fingerprint density at radius 1 is 1.21 bits per heavy atom. The summed E-state index contributed by atoms with van der Waals surface area (Å²) in [7, 11) is 0. The fraction of sp³-hybridized carbons (Fsp3) is 0.391. The average molecular weight is 397 g/mol. The summed E-state index contributed by atoms with van der Waals surface area (Å²) in [6.45, 7) is 13.2. The number of carbonyl (C=O) groups is 1. The number of rotatable bonds is 3. The molecule has 144 valence electrons. The molecule has 28 heavy (non-hydrogen) atoms. The number of carbonyl (C=O) groups excluding carboxylic acids is 1. The lowest BCUT2D eigenvalue weighted by Gasteiger charge is -2.65. The summed E-state index contributed by atoms with van der Waals surface area (Å²) in [5.41, 5.74) is 0.161. The fourth-order valence-corrected chi connectivity index (χ4v) is 5.34. The Morgan fingerprint density at radius 2 is 1.89 bits per heavy atom. The predicted molar refractivity (Wildman–Crippen MR) is 110 cm³/mol. The zero-order valence-electron chi connectivity index (χ0n) is 18.3. The minimum atomic E-state index is -1.89. The number of ether oxygens (including phenoxy) is 1. The largest absolute Gasteiger partial charge is 0.489 e. The van der Waals surface area contributed by atoms with Gasteiger partial charge in [0.1, 0.15) is 11.9 Å². The monoisotopic (exact) mass is 396 g/mol. The second-order valence-electron chi connectivity index (χ2n) is 8.60. The smallest absolute Gasteiger partial charge is 0.254 e. The van der Waals surface area contributed by atoms with E-state index in [9.17, 15) is 4.79 Å². The SMILES string of the molecule is [2H]C1([2H])c2ccccc2C(=O)N1C1C(C)(C)C(Oc2ccc([N+]#[C-])c(Cl)c2)C1(C)C. The first-order valence-corrected chi connectivity index (χ1v) is 9.58. The van der Waals surface area contributed by atoms with E-state index in [-0.39, 0.29) is 18.1 Å². The number of fused-ring (bicyclic) bond motifs is 1. The molecule has 1 fully saturated rings. The van der Waals surface area contributed by atoms with Gasteiger partial charge in [0.25, 0.3) is 5.91 Å². The molecule has 0 bridgehead atoms. The van der Waals surface area contributed by atoms with E-state index in [0.717, 1.165) is 0 Å². The van der Waals surface area contributed by atoms with Crippen molar-refractivity contribution in [1.29, 1.82) is 0 Å². The van der Waals surface area contributed by atoms with Gasteiger partial charge in [0.15, 0.2) is 0 Å². The van der Waals surface area contributed by atoms with E-state index < -0.39 is 17.3 Å². The Labute approximate surface area is 173 Å². The zero-order chi connectivity index (χ0) is 22.1. The van der Waals surface area contributed by atoms with Gasteiger partial charge in [-0.15, -0.1) is 0 Å². The van der Waals surface area contributed by atoms with E-state index in [2.05, 4.69) is 4.85 Å². The van der Waals surface area contributed by atoms with Crippen LogP contribution < -0.4 is 4.74 Å². The van der Waals surface area contributed by atoms with Gasteiger partial charge in [-0.1, -0.05) is 63.6 Å². The summed E-state index contributed by atoms with van der Waals surface area (Å²) in [5.74, 6) is 0.265. The van der Waals surface area contributed by atoms with Crippen LogP contribution in [0.1, 0.15) is 46.4 Å². The van der Waals surface area contributed by atoms with Gasteiger partial charge in [-0.25, -0.2) is 4.85 Å². The molecule has 0 N–H and O–H groups in total. The minimum Gasteiger partial charge on any atom is -0.489 e. The third-order valence-electron chi connectivity index (χ3n) is 5.93. The lowest BCUT2D eigenvalue weighted by molar-refractivity contribution is -0.199. The van der Waals surface area contributed by atoms with Gasteiger partial charge < -0.3 is 9.64 Å². The Morgan fingerprint density at radius 3 is 2.50 bits per heavy atom. The van der Waals surface area contributed by atoms with Gasteiger partial charge in [-0.3, -0.25) is 4.79 Å². The molecule has 1 aliphatic carbocycles. The summed E-state index contributed by atoms with van der Waals surface area (Å²) in [6.07, 6.45) is -0.280. The maximum Gasteiger partial charge on any atom is 0.254 e. The van der Waals surface area contributed by atoms with Crippen LogP contribution in [0.4, 0.5) is 5.69 Å². The van der Waals surface area contributed by atoms with Gasteiger partial charge in [-0.2, -0.15) is 0 Å². The molecular formula is C23H23ClN2O2. The van der Waals surface area contributed by atoms with E-state index in [1.807, 2.05) is 27.7 Å². The topological polar surface area (TPSA) is 33.9 Å². The molecule has 2 aromatic carbocycles. The lowest BCUT2D eigenvalue weighted by atomic mass is 9.49. The Bertz CT molecular complexity index is 1070. The first-order chi connectivity index (χ1) is 13.9. The Hall–Kier alpha value is -2.51. The van der Waals surface area contributed by atoms with E-state index in [0.29, 0.717) is 27.6 Å². The van der Waals surface area contributed by atoms with Crippen molar-refractivity contribution in [3.05, 3.63) is 70.0 Å². The summed E-state index contributed by atoms with van der Waals surface area (Å²) >= 11 is 6.16. The molecule has 1 aliphatic heterocycles. The third kappa shape index (κ3) is 2.61. The van der Waals surface area contributed by atoms with Crippen LogP contribution in [-0.2, 0) is 6.50 Å². The highest BCUT2D eigenvalue weighted by atomic mass is 35.5. The number of nitrogens with zero attached hydrogens (tertiary/aromatic N) is 2. The number of amides is 1. The maximum atomic E-state index is 13.2. The number of halogens is 1. The van der Waals surface area contributed by atoms with Crippen molar-refractivity contribution in [2.24, 2.45) is 10.8 Å². The molecule has 2 aromatic rings. The highest BCUT2D eigenvalue weighted by Crippen LogP contribution is 2.59. The molecule has 0 atom stereocenters. The van der Waals surface area contributed by atoms with Crippen LogP contribution in [0.25, 0.3) is 4.85 Å². The van der Waals surface area contributed by atoms with Gasteiger partial charge in [0.2, 0.25) is 5.69 Å². The zero-order valence-corrected chi connectivity index (χ0v) is 17.0. The van der Waals surface area contributed by atoms with Crippen molar-refractivity contribution in [3.63, 3.8) is 0 Å². The van der Waals surface area contributed by atoms with Gasteiger partial charge >= 0.3 is 0 Å². The van der Waals surface area contributed by atoms with Gasteiger partial charge in [0, 0.05) is 28.9 Å². The van der Waals surface area contributed by atoms with E-state index in [4.69, 9.17) is 25.7 Å². The minimum absolute atomic E-state index is 0.280. The molecule has 2 aliphatic rings. The van der Waals surface area contributed by atoms with Crippen molar-refractivity contribution >= 4 is 23.2 Å². The summed E-state index contributed by atoms with van der Waals surface area (Å²) in [5, 5.41) is 0.329. The van der Waals surface area contributed by atoms with Crippen LogP contribution in [0.15, 0.2) is 42.5 Å². The standard InChI is InChI=1S/C23H23ClN2O2/c1-22(2)20(26-13-14-8-6-7-9-16(14)19(26)27)23(3,4)21(22)28-15-10-11-18(25-5)17(24)12-15/h6-12,20-21H,13H2,1-4H3/i13D2. The molecule has 4 rings (SSSR count). The Balaban J connectivity index is 1.67. The van der Waals surface area contributed by atoms with Crippen molar-refractivity contribution in [2.45, 2.75) is 46.3 Å². The molecule has 1 heterocycles. The van der Waals surface area contributed by atoms with E-state index >= 15 is 0 Å². The van der Waals surface area contributed by atoms with Crippen LogP contribution in [0, 0.1) is 17.4 Å². The maximum absolute atomic E-state index is 13.2. The normalized spacial score (nSPS) is 27.1. The van der Waals surface area contributed by atoms with Crippen LogP contribution in [-0.4, -0.2) is 23.0 Å². The molecule has 4 nitrogen and oxygen atoms in total. The van der Waals surface area contributed by atoms with Crippen molar-refractivity contribution < 1.29 is 12.3 Å². The molecule has 0 unspecified atom stereocenters. The first kappa shape index (κ1) is 16.4. The third-order valence-corrected chi connectivity index (χ3v) is 6.23. The molecule has 0 aromatic heterocycles. The number of hydrogen-bond donors (Lipinski definition) is 0. The molecule has 5 heteroatoms. The van der Waals surface area contributed by atoms with Crippen LogP contribution >= 0.6 is 11.6 Å². The lowest BCUT2D eigenvalue weighted by Crippen LogP contribution is -2.74. The quantitative estimate of drug-likeness (QED) is 0.621. The highest BCUT2D eigenvalue weighted by Gasteiger charge is 2.66. The number of hydrogen-bond acceptors (Lipinski definition) is 2. The van der Waals surface area contributed by atoms with Crippen molar-refractivity contribution in [1.82, 2.24) is 4.90 Å². The highest BCUT2D eigenvalue weighted by molar-refractivity contribution is 6.33. The van der Waals surface area contributed by atoms with Gasteiger partial charge in [0.05, 0.1) is 14.3 Å². The molecule has 1 saturated carbocycles. The predicted octanol–water partition coefficient (Wildman–Crippen LogP) is 5.73. The second kappa shape index (κ2) is 6.25. The van der Waals surface area contributed by atoms with E-state index in [1.165, 1.54) is 4.90 Å². The fourth-order valence-electron chi connectivity index (χ4n) is 5.12. The summed E-state index contributed by atoms with van der Waals surface area (Å²) in [6, 6.07) is 11.5. The van der Waals surface area contributed by atoms with Crippen LogP contribution in [0.5, 0.6) is 5.75 Å². The number of benzene rings is 2. The molecular weight excluding hydrogens is 372 g/mol. The van der Waals surface area contributed by atoms with Crippen LogP contribution in [0.3, 0.4) is 0 Å². The van der Waals surface area contributed by atoms with Crippen molar-refractivity contribution in [2.75, 3.05) is 0 Å². The summed E-state index contributed by atoms with van der Waals surface area (Å²) in [4.78, 5) is 18.0. The summed E-state index contributed by atoms with van der Waals surface area (Å²) < 4.78 is 23.7. The molecule has 0 spiro atoms. The second-order valence-corrected chi connectivity index (χ2v) is 9.01. The van der Waals surface area contributed by atoms with Gasteiger partial charge in [-0.05, 0) is 23.8 Å². The molecule has 0 saturated heterocycles. The van der Waals surface area contributed by atoms with Crippen LogP contribution in [0.2, 0.25) is 5.02 Å².